The zero-order valence-corrected chi connectivity index (χ0v) is 17.0. The third-order valence-corrected chi connectivity index (χ3v) is 5.31. The Hall–Kier alpha value is -4.17. The molecular weight excluding hydrogens is 388 g/mol. The molecule has 1 atom stereocenters. The fraction of sp³-hybridized carbons (Fsp3) is 0.115. The van der Waals surface area contributed by atoms with Crippen LogP contribution in [0.1, 0.15) is 22.3 Å². The normalized spacial score (nSPS) is 15.7. The maximum atomic E-state index is 13.7. The predicted molar refractivity (Wildman–Crippen MR) is 117 cm³/mol. The molecule has 0 saturated carbocycles. The van der Waals surface area contributed by atoms with Crippen LogP contribution >= 0.6 is 0 Å². The van der Waals surface area contributed by atoms with Gasteiger partial charge in [0.2, 0.25) is 0 Å². The van der Waals surface area contributed by atoms with Crippen molar-refractivity contribution in [2.45, 2.75) is 12.6 Å². The Morgan fingerprint density at radius 3 is 2.23 bits per heavy atom. The van der Waals surface area contributed by atoms with E-state index in [0.29, 0.717) is 16.7 Å². The molecule has 0 bridgehead atoms. The van der Waals surface area contributed by atoms with E-state index in [1.807, 2.05) is 66.7 Å². The average Bonchev–Trinajstić information content (AvgIpc) is 3.11. The molecule has 0 N–H and O–H groups in total. The number of esters is 1. The lowest BCUT2D eigenvalue weighted by molar-refractivity contribution is -0.148. The highest BCUT2D eigenvalue weighted by Gasteiger charge is 2.44. The Morgan fingerprint density at radius 1 is 0.968 bits per heavy atom. The Bertz CT molecular complexity index is 1190. The van der Waals surface area contributed by atoms with Crippen LogP contribution in [0.5, 0.6) is 0 Å². The van der Waals surface area contributed by atoms with Gasteiger partial charge in [0, 0.05) is 12.1 Å². The van der Waals surface area contributed by atoms with Crippen molar-refractivity contribution < 1.29 is 14.3 Å². The molecule has 5 heteroatoms. The van der Waals surface area contributed by atoms with E-state index >= 15 is 0 Å². The molecule has 1 aliphatic heterocycles. The number of nitrogens with zero attached hydrogens (tertiary/aromatic N) is 2. The monoisotopic (exact) mass is 408 g/mol. The van der Waals surface area contributed by atoms with Gasteiger partial charge >= 0.3 is 5.97 Å². The maximum absolute atomic E-state index is 13.7. The van der Waals surface area contributed by atoms with Gasteiger partial charge in [-0.15, -0.1) is 0 Å². The lowest BCUT2D eigenvalue weighted by atomic mass is 9.93. The first-order chi connectivity index (χ1) is 15.1. The average molecular weight is 408 g/mol. The van der Waals surface area contributed by atoms with E-state index in [-0.39, 0.29) is 12.5 Å². The second-order valence-electron chi connectivity index (χ2n) is 7.19. The van der Waals surface area contributed by atoms with E-state index in [0.717, 1.165) is 16.7 Å². The van der Waals surface area contributed by atoms with Gasteiger partial charge in [0.1, 0.15) is 0 Å². The number of ether oxygens (including phenoxy) is 1. The third kappa shape index (κ3) is 3.84. The minimum atomic E-state index is -0.888. The fourth-order valence-corrected chi connectivity index (χ4v) is 3.93. The van der Waals surface area contributed by atoms with Gasteiger partial charge in [-0.05, 0) is 28.8 Å². The number of methoxy groups -OCH3 is 1. The van der Waals surface area contributed by atoms with Gasteiger partial charge < -0.3 is 9.64 Å². The molecule has 3 aromatic rings. The molecular formula is C26H20N2O3. The van der Waals surface area contributed by atoms with Gasteiger partial charge in [-0.25, -0.2) is 4.79 Å². The summed E-state index contributed by atoms with van der Waals surface area (Å²) in [6.07, 6.45) is 0. The first kappa shape index (κ1) is 20.1. The summed E-state index contributed by atoms with van der Waals surface area (Å²) < 4.78 is 5.11. The molecule has 1 unspecified atom stereocenters. The number of hydrogen-bond acceptors (Lipinski definition) is 4. The number of rotatable bonds is 5. The zero-order valence-electron chi connectivity index (χ0n) is 17.0. The molecule has 1 aliphatic rings. The molecule has 1 heterocycles. The van der Waals surface area contributed by atoms with Crippen LogP contribution in [0.4, 0.5) is 0 Å². The standard InChI is InChI=1S/C26H20N2O3/c1-31-26(30)24-22(20-11-4-2-5-12-20)23(21-13-6-3-7-14-21)25(29)28(24)17-19-10-8-9-18(15-19)16-27/h2-15,24H,17H2,1H3. The fourth-order valence-electron chi connectivity index (χ4n) is 3.93. The molecule has 4 rings (SSSR count). The Balaban J connectivity index is 1.88. The van der Waals surface area contributed by atoms with Gasteiger partial charge in [0.05, 0.1) is 24.3 Å². The molecule has 3 aromatic carbocycles. The van der Waals surface area contributed by atoms with E-state index < -0.39 is 12.0 Å². The van der Waals surface area contributed by atoms with Crippen LogP contribution in [-0.4, -0.2) is 29.9 Å². The molecule has 31 heavy (non-hydrogen) atoms. The van der Waals surface area contributed by atoms with Gasteiger partial charge in [-0.2, -0.15) is 5.26 Å². The van der Waals surface area contributed by atoms with Crippen molar-refractivity contribution in [2.24, 2.45) is 0 Å². The van der Waals surface area contributed by atoms with Crippen LogP contribution in [-0.2, 0) is 20.9 Å². The number of benzene rings is 3. The minimum Gasteiger partial charge on any atom is -0.467 e. The summed E-state index contributed by atoms with van der Waals surface area (Å²) in [6.45, 7) is 0.181. The summed E-state index contributed by atoms with van der Waals surface area (Å²) in [4.78, 5) is 28.1. The van der Waals surface area contributed by atoms with Crippen molar-refractivity contribution in [2.75, 3.05) is 7.11 Å². The van der Waals surface area contributed by atoms with Crippen molar-refractivity contribution in [3.05, 3.63) is 107 Å². The van der Waals surface area contributed by atoms with Crippen LogP contribution in [0.2, 0.25) is 0 Å². The molecule has 1 amide bonds. The van der Waals surface area contributed by atoms with Crippen molar-refractivity contribution in [1.29, 1.82) is 5.26 Å². The Labute approximate surface area is 180 Å². The lowest BCUT2D eigenvalue weighted by Crippen LogP contribution is -2.41. The number of hydrogen-bond donors (Lipinski definition) is 0. The van der Waals surface area contributed by atoms with Crippen LogP contribution in [0.25, 0.3) is 11.1 Å². The van der Waals surface area contributed by atoms with Gasteiger partial charge in [-0.1, -0.05) is 72.8 Å². The van der Waals surface area contributed by atoms with Crippen LogP contribution in [0.15, 0.2) is 84.9 Å². The first-order valence-corrected chi connectivity index (χ1v) is 9.87. The highest BCUT2D eigenvalue weighted by molar-refractivity contribution is 6.33. The molecule has 0 radical (unpaired) electrons. The quantitative estimate of drug-likeness (QED) is 0.597. The lowest BCUT2D eigenvalue weighted by Gasteiger charge is -2.25. The summed E-state index contributed by atoms with van der Waals surface area (Å²) >= 11 is 0. The highest BCUT2D eigenvalue weighted by atomic mass is 16.5. The van der Waals surface area contributed by atoms with Crippen LogP contribution in [0.3, 0.4) is 0 Å². The van der Waals surface area contributed by atoms with E-state index in [2.05, 4.69) is 6.07 Å². The summed E-state index contributed by atoms with van der Waals surface area (Å²) in [5, 5.41) is 9.22. The van der Waals surface area contributed by atoms with E-state index in [1.54, 1.807) is 18.2 Å². The minimum absolute atomic E-state index is 0.181. The molecule has 0 spiro atoms. The summed E-state index contributed by atoms with van der Waals surface area (Å²) in [5.41, 5.74) is 3.91. The van der Waals surface area contributed by atoms with Gasteiger partial charge in [0.15, 0.2) is 6.04 Å². The van der Waals surface area contributed by atoms with Gasteiger partial charge in [0.25, 0.3) is 5.91 Å². The third-order valence-electron chi connectivity index (χ3n) is 5.31. The maximum Gasteiger partial charge on any atom is 0.333 e. The van der Waals surface area contributed by atoms with Gasteiger partial charge in [-0.3, -0.25) is 4.79 Å². The molecule has 0 fully saturated rings. The zero-order chi connectivity index (χ0) is 21.8. The molecule has 0 saturated heterocycles. The smallest absolute Gasteiger partial charge is 0.333 e. The summed E-state index contributed by atoms with van der Waals surface area (Å²) in [7, 11) is 1.32. The number of nitriles is 1. The number of carbonyl (C=O) groups is 2. The largest absolute Gasteiger partial charge is 0.467 e. The number of amides is 1. The van der Waals surface area contributed by atoms with Crippen LogP contribution < -0.4 is 0 Å². The van der Waals surface area contributed by atoms with E-state index in [4.69, 9.17) is 4.74 Å². The Kier molecular flexibility index (Phi) is 5.63. The predicted octanol–water partition coefficient (Wildman–Crippen LogP) is 4.05. The molecule has 0 aromatic heterocycles. The molecule has 0 aliphatic carbocycles. The van der Waals surface area contributed by atoms with Crippen molar-refractivity contribution in [1.82, 2.24) is 4.90 Å². The van der Waals surface area contributed by atoms with Crippen LogP contribution in [0, 0.1) is 11.3 Å². The second kappa shape index (κ2) is 8.68. The van der Waals surface area contributed by atoms with Crippen molar-refractivity contribution in [3.8, 4) is 6.07 Å². The molecule has 152 valence electrons. The SMILES string of the molecule is COC(=O)C1C(c2ccccc2)=C(c2ccccc2)C(=O)N1Cc1cccc(C#N)c1. The first-order valence-electron chi connectivity index (χ1n) is 9.87. The molecule has 5 nitrogen and oxygen atoms in total. The van der Waals surface area contributed by atoms with E-state index in [1.165, 1.54) is 12.0 Å². The van der Waals surface area contributed by atoms with Crippen molar-refractivity contribution in [3.63, 3.8) is 0 Å². The number of carbonyl (C=O) groups excluding carboxylic acids is 2. The topological polar surface area (TPSA) is 70.4 Å². The Morgan fingerprint density at radius 2 is 1.61 bits per heavy atom. The van der Waals surface area contributed by atoms with E-state index in [9.17, 15) is 14.9 Å². The highest BCUT2D eigenvalue weighted by Crippen LogP contribution is 2.40. The van der Waals surface area contributed by atoms with Crippen molar-refractivity contribution >= 4 is 23.0 Å². The summed E-state index contributed by atoms with van der Waals surface area (Å²) in [5.74, 6) is -0.752. The second-order valence-corrected chi connectivity index (χ2v) is 7.19. The summed E-state index contributed by atoms with van der Waals surface area (Å²) in [6, 6.07) is 27.0.